The van der Waals surface area contributed by atoms with Gasteiger partial charge in [0.15, 0.2) is 0 Å². The molecule has 2 rings (SSSR count). The van der Waals surface area contributed by atoms with Crippen LogP contribution >= 0.6 is 11.8 Å². The van der Waals surface area contributed by atoms with E-state index >= 15 is 0 Å². The van der Waals surface area contributed by atoms with Crippen LogP contribution < -0.4 is 5.32 Å². The zero-order chi connectivity index (χ0) is 13.8. The Labute approximate surface area is 121 Å². The standard InChI is InChI=1S/C15H28N2OS/c1-4-19-14-8-6-5-7-12(14)16-13-9-10-17(11(2)3)15(13)18/h11-14,16H,4-10H2,1-3H3. The Kier molecular flexibility index (Phi) is 5.58. The second kappa shape index (κ2) is 6.98. The number of carbonyl (C=O) groups excluding carboxylic acids is 1. The Morgan fingerprint density at radius 3 is 2.68 bits per heavy atom. The van der Waals surface area contributed by atoms with Crippen LogP contribution in [0.2, 0.25) is 0 Å². The Balaban J connectivity index is 1.91. The van der Waals surface area contributed by atoms with Gasteiger partial charge in [-0.2, -0.15) is 11.8 Å². The van der Waals surface area contributed by atoms with Crippen LogP contribution in [0.3, 0.4) is 0 Å². The number of nitrogens with zero attached hydrogens (tertiary/aromatic N) is 1. The van der Waals surface area contributed by atoms with Gasteiger partial charge in [0.05, 0.1) is 6.04 Å². The van der Waals surface area contributed by atoms with Crippen molar-refractivity contribution in [2.75, 3.05) is 12.3 Å². The van der Waals surface area contributed by atoms with Crippen LogP contribution in [0.15, 0.2) is 0 Å². The van der Waals surface area contributed by atoms with E-state index in [0.717, 1.165) is 13.0 Å². The number of thioether (sulfide) groups is 1. The minimum absolute atomic E-state index is 0.0745. The lowest BCUT2D eigenvalue weighted by molar-refractivity contribution is -0.131. The third kappa shape index (κ3) is 3.66. The molecule has 4 heteroatoms. The van der Waals surface area contributed by atoms with Crippen LogP contribution in [0.5, 0.6) is 0 Å². The molecule has 0 radical (unpaired) electrons. The number of nitrogens with one attached hydrogen (secondary N) is 1. The molecule has 110 valence electrons. The highest BCUT2D eigenvalue weighted by atomic mass is 32.2. The van der Waals surface area contributed by atoms with Gasteiger partial charge in [-0.15, -0.1) is 0 Å². The van der Waals surface area contributed by atoms with E-state index < -0.39 is 0 Å². The molecule has 3 nitrogen and oxygen atoms in total. The molecule has 0 spiro atoms. The average molecular weight is 284 g/mol. The van der Waals surface area contributed by atoms with Gasteiger partial charge in [0.25, 0.3) is 0 Å². The van der Waals surface area contributed by atoms with Gasteiger partial charge in [0.1, 0.15) is 0 Å². The molecule has 3 unspecified atom stereocenters. The Morgan fingerprint density at radius 2 is 2.05 bits per heavy atom. The van der Waals surface area contributed by atoms with E-state index in [-0.39, 0.29) is 6.04 Å². The molecule has 0 bridgehead atoms. The smallest absolute Gasteiger partial charge is 0.240 e. The van der Waals surface area contributed by atoms with Gasteiger partial charge >= 0.3 is 0 Å². The van der Waals surface area contributed by atoms with Crippen LogP contribution in [0.25, 0.3) is 0 Å². The molecular formula is C15H28N2OS. The van der Waals surface area contributed by atoms with Crippen LogP contribution in [0.1, 0.15) is 52.9 Å². The fourth-order valence-electron chi connectivity index (χ4n) is 3.33. The van der Waals surface area contributed by atoms with Crippen molar-refractivity contribution in [2.45, 2.75) is 76.3 Å². The van der Waals surface area contributed by atoms with Gasteiger partial charge < -0.3 is 10.2 Å². The maximum Gasteiger partial charge on any atom is 0.240 e. The van der Waals surface area contributed by atoms with Crippen molar-refractivity contribution in [1.82, 2.24) is 10.2 Å². The second-order valence-corrected chi connectivity index (χ2v) is 7.53. The summed E-state index contributed by atoms with van der Waals surface area (Å²) in [5.41, 5.74) is 0. The highest BCUT2D eigenvalue weighted by Crippen LogP contribution is 2.29. The van der Waals surface area contributed by atoms with Crippen molar-refractivity contribution in [3.05, 3.63) is 0 Å². The predicted octanol–water partition coefficient (Wildman–Crippen LogP) is 2.65. The van der Waals surface area contributed by atoms with E-state index in [4.69, 9.17) is 0 Å². The van der Waals surface area contributed by atoms with Gasteiger partial charge in [-0.25, -0.2) is 0 Å². The van der Waals surface area contributed by atoms with Gasteiger partial charge in [-0.05, 0) is 38.9 Å². The minimum Gasteiger partial charge on any atom is -0.339 e. The van der Waals surface area contributed by atoms with E-state index in [2.05, 4.69) is 37.8 Å². The summed E-state index contributed by atoms with van der Waals surface area (Å²) in [7, 11) is 0. The normalized spacial score (nSPS) is 32.3. The molecular weight excluding hydrogens is 256 g/mol. The number of amides is 1. The first kappa shape index (κ1) is 15.2. The first-order valence-electron chi connectivity index (χ1n) is 7.81. The molecule has 1 saturated heterocycles. The molecule has 3 atom stereocenters. The third-order valence-corrected chi connectivity index (χ3v) is 5.69. The molecule has 1 aliphatic heterocycles. The van der Waals surface area contributed by atoms with E-state index in [1.54, 1.807) is 0 Å². The van der Waals surface area contributed by atoms with Gasteiger partial charge in [-0.3, -0.25) is 4.79 Å². The lowest BCUT2D eigenvalue weighted by atomic mass is 9.94. The van der Waals surface area contributed by atoms with Gasteiger partial charge in [-0.1, -0.05) is 19.8 Å². The highest BCUT2D eigenvalue weighted by Gasteiger charge is 2.36. The van der Waals surface area contributed by atoms with Crippen LogP contribution in [-0.2, 0) is 4.79 Å². The van der Waals surface area contributed by atoms with Crippen LogP contribution in [0.4, 0.5) is 0 Å². The van der Waals surface area contributed by atoms with E-state index in [0.29, 0.717) is 23.2 Å². The summed E-state index contributed by atoms with van der Waals surface area (Å²) in [4.78, 5) is 14.4. The first-order chi connectivity index (χ1) is 9.13. The number of likely N-dealkylation sites (tertiary alicyclic amines) is 1. The van der Waals surface area contributed by atoms with Crippen LogP contribution in [0, 0.1) is 0 Å². The highest BCUT2D eigenvalue weighted by molar-refractivity contribution is 7.99. The third-order valence-electron chi connectivity index (χ3n) is 4.36. The van der Waals surface area contributed by atoms with Crippen molar-refractivity contribution < 1.29 is 4.79 Å². The number of hydrogen-bond donors (Lipinski definition) is 1. The molecule has 1 heterocycles. The number of rotatable bonds is 5. The molecule has 1 amide bonds. The Hall–Kier alpha value is -0.220. The van der Waals surface area contributed by atoms with E-state index in [9.17, 15) is 4.79 Å². The molecule has 0 aromatic carbocycles. The SMILES string of the molecule is CCSC1CCCCC1NC1CCN(C(C)C)C1=O. The molecule has 19 heavy (non-hydrogen) atoms. The molecule has 0 aromatic heterocycles. The number of hydrogen-bond acceptors (Lipinski definition) is 3. The van der Waals surface area contributed by atoms with Crippen molar-refractivity contribution in [1.29, 1.82) is 0 Å². The Morgan fingerprint density at radius 1 is 1.32 bits per heavy atom. The zero-order valence-corrected chi connectivity index (χ0v) is 13.3. The maximum atomic E-state index is 12.3. The summed E-state index contributed by atoms with van der Waals surface area (Å²) in [6, 6.07) is 0.955. The van der Waals surface area contributed by atoms with E-state index in [1.165, 1.54) is 31.4 Å². The summed E-state index contributed by atoms with van der Waals surface area (Å²) in [5, 5.41) is 4.38. The lowest BCUT2D eigenvalue weighted by Gasteiger charge is -2.33. The van der Waals surface area contributed by atoms with Crippen molar-refractivity contribution in [2.24, 2.45) is 0 Å². The Bertz CT molecular complexity index is 307. The topological polar surface area (TPSA) is 32.3 Å². The lowest BCUT2D eigenvalue weighted by Crippen LogP contribution is -2.49. The summed E-state index contributed by atoms with van der Waals surface area (Å²) in [6.07, 6.45) is 6.20. The summed E-state index contributed by atoms with van der Waals surface area (Å²) in [6.45, 7) is 7.37. The minimum atomic E-state index is 0.0745. The summed E-state index contributed by atoms with van der Waals surface area (Å²) in [5.74, 6) is 1.50. The zero-order valence-electron chi connectivity index (χ0n) is 12.5. The van der Waals surface area contributed by atoms with Crippen molar-refractivity contribution >= 4 is 17.7 Å². The van der Waals surface area contributed by atoms with Crippen molar-refractivity contribution in [3.63, 3.8) is 0 Å². The first-order valence-corrected chi connectivity index (χ1v) is 8.86. The predicted molar refractivity (Wildman–Crippen MR) is 82.6 cm³/mol. The summed E-state index contributed by atoms with van der Waals surface area (Å²) < 4.78 is 0. The van der Waals surface area contributed by atoms with Crippen molar-refractivity contribution in [3.8, 4) is 0 Å². The number of carbonyl (C=O) groups is 1. The van der Waals surface area contributed by atoms with Gasteiger partial charge in [0.2, 0.25) is 5.91 Å². The maximum absolute atomic E-state index is 12.3. The average Bonchev–Trinajstić information content (AvgIpc) is 2.74. The molecule has 1 aliphatic carbocycles. The second-order valence-electron chi connectivity index (χ2n) is 6.02. The summed E-state index contributed by atoms with van der Waals surface area (Å²) >= 11 is 2.06. The monoisotopic (exact) mass is 284 g/mol. The largest absolute Gasteiger partial charge is 0.339 e. The molecule has 1 N–H and O–H groups in total. The fraction of sp³-hybridized carbons (Fsp3) is 0.933. The van der Waals surface area contributed by atoms with E-state index in [1.807, 2.05) is 4.90 Å². The fourth-order valence-corrected chi connectivity index (χ4v) is 4.54. The molecule has 2 aliphatic rings. The molecule has 2 fully saturated rings. The van der Waals surface area contributed by atoms with Gasteiger partial charge in [0, 0.05) is 23.9 Å². The van der Waals surface area contributed by atoms with Crippen LogP contribution in [-0.4, -0.2) is 46.5 Å². The molecule has 0 aromatic rings. The quantitative estimate of drug-likeness (QED) is 0.842. The molecule has 1 saturated carbocycles.